The Labute approximate surface area is 205 Å². The number of hydrogen-bond donors (Lipinski definition) is 4. The van der Waals surface area contributed by atoms with E-state index < -0.39 is 22.0 Å². The monoisotopic (exact) mass is 472 g/mol. The highest BCUT2D eigenvalue weighted by Gasteiger charge is 2.47. The summed E-state index contributed by atoms with van der Waals surface area (Å²) in [6, 6.07) is 5.81. The SMILES string of the molecule is CC(C)(C)NC(=O)CC1(C(=O)NC(C)(C)C)Cc2cc(C(C)(C)C(=O)NC(C)(C)C)ccc2N1. The van der Waals surface area contributed by atoms with E-state index in [4.69, 9.17) is 0 Å². The summed E-state index contributed by atoms with van der Waals surface area (Å²) in [6.07, 6.45) is 0.358. The normalized spacial score (nSPS) is 18.6. The summed E-state index contributed by atoms with van der Waals surface area (Å²) in [5, 5.41) is 12.4. The summed E-state index contributed by atoms with van der Waals surface area (Å²) in [4.78, 5) is 39.4. The van der Waals surface area contributed by atoms with Gasteiger partial charge in [0.1, 0.15) is 5.54 Å². The van der Waals surface area contributed by atoms with Gasteiger partial charge in [-0.25, -0.2) is 0 Å². The van der Waals surface area contributed by atoms with Gasteiger partial charge in [-0.2, -0.15) is 0 Å². The van der Waals surface area contributed by atoms with E-state index in [1.54, 1.807) is 0 Å². The second kappa shape index (κ2) is 8.90. The molecule has 1 aromatic carbocycles. The van der Waals surface area contributed by atoms with Crippen molar-refractivity contribution in [3.05, 3.63) is 29.3 Å². The lowest BCUT2D eigenvalue weighted by Crippen LogP contribution is -2.58. The number of carbonyl (C=O) groups is 3. The van der Waals surface area contributed by atoms with Gasteiger partial charge < -0.3 is 21.3 Å². The van der Waals surface area contributed by atoms with E-state index in [0.29, 0.717) is 6.42 Å². The van der Waals surface area contributed by atoms with E-state index in [9.17, 15) is 14.4 Å². The van der Waals surface area contributed by atoms with Gasteiger partial charge in [0.2, 0.25) is 17.7 Å². The van der Waals surface area contributed by atoms with Crippen molar-refractivity contribution in [3.63, 3.8) is 0 Å². The first-order valence-electron chi connectivity index (χ1n) is 12.0. The second-order valence-electron chi connectivity index (χ2n) is 13.3. The van der Waals surface area contributed by atoms with E-state index in [0.717, 1.165) is 16.8 Å². The van der Waals surface area contributed by atoms with Gasteiger partial charge in [-0.05, 0) is 93.4 Å². The number of nitrogens with one attached hydrogen (secondary N) is 4. The molecule has 1 heterocycles. The molecule has 34 heavy (non-hydrogen) atoms. The Balaban J connectivity index is 2.40. The van der Waals surface area contributed by atoms with E-state index in [1.165, 1.54) is 0 Å². The minimum absolute atomic E-state index is 0.00407. The molecule has 0 saturated carbocycles. The quantitative estimate of drug-likeness (QED) is 0.524. The molecule has 4 N–H and O–H groups in total. The summed E-state index contributed by atoms with van der Waals surface area (Å²) >= 11 is 0. The van der Waals surface area contributed by atoms with Gasteiger partial charge >= 0.3 is 0 Å². The van der Waals surface area contributed by atoms with E-state index in [2.05, 4.69) is 21.3 Å². The van der Waals surface area contributed by atoms with Crippen LogP contribution in [0, 0.1) is 0 Å². The Morgan fingerprint density at radius 2 is 1.35 bits per heavy atom. The molecule has 0 radical (unpaired) electrons. The summed E-state index contributed by atoms with van der Waals surface area (Å²) in [7, 11) is 0. The summed E-state index contributed by atoms with van der Waals surface area (Å²) < 4.78 is 0. The lowest BCUT2D eigenvalue weighted by Gasteiger charge is -2.33. The number of rotatable bonds is 5. The molecule has 1 aliphatic heterocycles. The Morgan fingerprint density at radius 3 is 1.85 bits per heavy atom. The Hall–Kier alpha value is -2.57. The second-order valence-corrected chi connectivity index (χ2v) is 13.3. The molecular weight excluding hydrogens is 428 g/mol. The first kappa shape index (κ1) is 27.7. The first-order chi connectivity index (χ1) is 15.1. The Morgan fingerprint density at radius 1 is 0.824 bits per heavy atom. The maximum absolute atomic E-state index is 13.5. The van der Waals surface area contributed by atoms with Gasteiger partial charge in [-0.15, -0.1) is 0 Å². The molecule has 1 aromatic rings. The lowest BCUT2D eigenvalue weighted by molar-refractivity contribution is -0.132. The molecule has 0 aromatic heterocycles. The highest BCUT2D eigenvalue weighted by atomic mass is 16.2. The fourth-order valence-corrected chi connectivity index (χ4v) is 4.03. The van der Waals surface area contributed by atoms with E-state index in [1.807, 2.05) is 94.4 Å². The maximum atomic E-state index is 13.5. The van der Waals surface area contributed by atoms with Gasteiger partial charge in [0.15, 0.2) is 0 Å². The third-order valence-electron chi connectivity index (χ3n) is 5.65. The smallest absolute Gasteiger partial charge is 0.246 e. The maximum Gasteiger partial charge on any atom is 0.246 e. The number of amides is 3. The van der Waals surface area contributed by atoms with Crippen LogP contribution in [0.3, 0.4) is 0 Å². The van der Waals surface area contributed by atoms with Crippen LogP contribution >= 0.6 is 0 Å². The molecule has 2 rings (SSSR count). The van der Waals surface area contributed by atoms with Crippen LogP contribution in [-0.4, -0.2) is 39.9 Å². The van der Waals surface area contributed by atoms with Gasteiger partial charge in [-0.3, -0.25) is 14.4 Å². The van der Waals surface area contributed by atoms with Crippen molar-refractivity contribution in [3.8, 4) is 0 Å². The minimum Gasteiger partial charge on any atom is -0.370 e. The van der Waals surface area contributed by atoms with Crippen LogP contribution in [0.15, 0.2) is 18.2 Å². The van der Waals surface area contributed by atoms with E-state index in [-0.39, 0.29) is 29.7 Å². The summed E-state index contributed by atoms with van der Waals surface area (Å²) in [6.45, 7) is 21.2. The Kier molecular flexibility index (Phi) is 7.24. The largest absolute Gasteiger partial charge is 0.370 e. The molecule has 0 fully saturated rings. The zero-order valence-electron chi connectivity index (χ0n) is 22.9. The predicted octanol–water partition coefficient (Wildman–Crippen LogP) is 3.81. The highest BCUT2D eigenvalue weighted by Crippen LogP contribution is 2.38. The topological polar surface area (TPSA) is 99.3 Å². The van der Waals surface area contributed by atoms with Gasteiger partial charge in [0, 0.05) is 28.7 Å². The van der Waals surface area contributed by atoms with Crippen LogP contribution in [-0.2, 0) is 26.2 Å². The van der Waals surface area contributed by atoms with E-state index >= 15 is 0 Å². The van der Waals surface area contributed by atoms with Gasteiger partial charge in [-0.1, -0.05) is 12.1 Å². The summed E-state index contributed by atoms with van der Waals surface area (Å²) in [5.74, 6) is -0.472. The minimum atomic E-state index is -1.11. The predicted molar refractivity (Wildman–Crippen MR) is 138 cm³/mol. The number of fused-ring (bicyclic) bond motifs is 1. The average Bonchev–Trinajstić information content (AvgIpc) is 2.95. The Bertz CT molecular complexity index is 962. The number of carbonyl (C=O) groups excluding carboxylic acids is 3. The van der Waals surface area contributed by atoms with Crippen molar-refractivity contribution in [2.45, 2.75) is 117 Å². The van der Waals surface area contributed by atoms with Crippen LogP contribution in [0.4, 0.5) is 5.69 Å². The fraction of sp³-hybridized carbons (Fsp3) is 0.667. The number of benzene rings is 1. The average molecular weight is 473 g/mol. The standard InChI is InChI=1S/C27H44N4O3/c1-23(2,3)29-20(32)16-27(22(34)31-25(7,8)9)15-17-14-18(12-13-19(17)28-27)26(10,11)21(33)30-24(4,5)6/h12-14,28H,15-16H2,1-11H3,(H,29,32)(H,30,33)(H,31,34). The summed E-state index contributed by atoms with van der Waals surface area (Å²) in [5.41, 5.74) is -0.466. The number of hydrogen-bond acceptors (Lipinski definition) is 4. The molecule has 1 aliphatic rings. The lowest BCUT2D eigenvalue weighted by atomic mass is 9.81. The first-order valence-corrected chi connectivity index (χ1v) is 12.0. The van der Waals surface area contributed by atoms with Gasteiger partial charge in [0.05, 0.1) is 11.8 Å². The van der Waals surface area contributed by atoms with Crippen molar-refractivity contribution in [2.24, 2.45) is 0 Å². The molecule has 0 spiro atoms. The molecule has 1 atom stereocenters. The van der Waals surface area contributed by atoms with Crippen molar-refractivity contribution >= 4 is 23.4 Å². The van der Waals surface area contributed by atoms with Crippen molar-refractivity contribution in [1.82, 2.24) is 16.0 Å². The zero-order valence-corrected chi connectivity index (χ0v) is 22.9. The molecule has 7 nitrogen and oxygen atoms in total. The van der Waals surface area contributed by atoms with Crippen LogP contribution in [0.5, 0.6) is 0 Å². The van der Waals surface area contributed by atoms with Crippen LogP contribution in [0.2, 0.25) is 0 Å². The molecule has 190 valence electrons. The third-order valence-corrected chi connectivity index (χ3v) is 5.65. The van der Waals surface area contributed by atoms with Crippen molar-refractivity contribution in [1.29, 1.82) is 0 Å². The van der Waals surface area contributed by atoms with Crippen LogP contribution < -0.4 is 21.3 Å². The zero-order chi connectivity index (χ0) is 26.3. The van der Waals surface area contributed by atoms with Crippen molar-refractivity contribution in [2.75, 3.05) is 5.32 Å². The molecule has 0 saturated heterocycles. The third kappa shape index (κ3) is 6.97. The van der Waals surface area contributed by atoms with Crippen LogP contribution in [0.1, 0.15) is 93.7 Å². The molecule has 1 unspecified atom stereocenters. The van der Waals surface area contributed by atoms with Gasteiger partial charge in [0.25, 0.3) is 0 Å². The molecule has 7 heteroatoms. The number of anilines is 1. The molecular formula is C27H44N4O3. The molecule has 3 amide bonds. The molecule has 0 aliphatic carbocycles. The van der Waals surface area contributed by atoms with Crippen LogP contribution in [0.25, 0.3) is 0 Å². The fourth-order valence-electron chi connectivity index (χ4n) is 4.03. The highest BCUT2D eigenvalue weighted by molar-refractivity contribution is 5.97. The molecule has 0 bridgehead atoms. The van der Waals surface area contributed by atoms with Crippen molar-refractivity contribution < 1.29 is 14.4 Å².